The molecule has 0 saturated heterocycles. The van der Waals surface area contributed by atoms with Crippen LogP contribution >= 0.6 is 0 Å². The van der Waals surface area contributed by atoms with Crippen LogP contribution in [0, 0.1) is 12.8 Å². The van der Waals surface area contributed by atoms with Crippen LogP contribution in [0.4, 0.5) is 0 Å². The Kier molecular flexibility index (Phi) is 3.55. The quantitative estimate of drug-likeness (QED) is 0.805. The Hall–Kier alpha value is -1.02. The number of rotatable bonds is 5. The van der Waals surface area contributed by atoms with Crippen LogP contribution in [0.2, 0.25) is 0 Å². The Balaban J connectivity index is 1.40. The van der Waals surface area contributed by atoms with E-state index in [0.29, 0.717) is 6.10 Å². The number of benzene rings is 1. The Labute approximate surface area is 110 Å². The van der Waals surface area contributed by atoms with Gasteiger partial charge in [-0.1, -0.05) is 37.0 Å². The zero-order valence-corrected chi connectivity index (χ0v) is 11.2. The summed E-state index contributed by atoms with van der Waals surface area (Å²) in [5.41, 5.74) is 2.71. The lowest BCUT2D eigenvalue weighted by Gasteiger charge is -2.25. The van der Waals surface area contributed by atoms with Gasteiger partial charge in [0.25, 0.3) is 0 Å². The van der Waals surface area contributed by atoms with Crippen molar-refractivity contribution in [1.29, 1.82) is 0 Å². The normalized spacial score (nSPS) is 22.4. The summed E-state index contributed by atoms with van der Waals surface area (Å²) < 4.78 is 5.95. The molecule has 2 aliphatic rings. The molecule has 18 heavy (non-hydrogen) atoms. The Morgan fingerprint density at radius 2 is 2.22 bits per heavy atom. The number of fused-ring (bicyclic) bond motifs is 1. The van der Waals surface area contributed by atoms with E-state index in [1.807, 2.05) is 0 Å². The minimum atomic E-state index is 0.336. The Morgan fingerprint density at radius 1 is 1.33 bits per heavy atom. The maximum absolute atomic E-state index is 5.95. The fraction of sp³-hybridized carbons (Fsp3) is 0.625. The molecule has 1 N–H and O–H groups in total. The molecule has 1 atom stereocenters. The van der Waals surface area contributed by atoms with E-state index >= 15 is 0 Å². The highest BCUT2D eigenvalue weighted by Gasteiger charge is 2.22. The van der Waals surface area contributed by atoms with Gasteiger partial charge in [-0.2, -0.15) is 0 Å². The van der Waals surface area contributed by atoms with Gasteiger partial charge in [0.15, 0.2) is 0 Å². The SMILES string of the molecule is Cc1ccc2c(c1)CC(CNCCC1CCC1)O2. The Morgan fingerprint density at radius 3 is 3.00 bits per heavy atom. The second-order valence-electron chi connectivity index (χ2n) is 5.84. The second-order valence-corrected chi connectivity index (χ2v) is 5.84. The van der Waals surface area contributed by atoms with Gasteiger partial charge >= 0.3 is 0 Å². The summed E-state index contributed by atoms with van der Waals surface area (Å²) >= 11 is 0. The molecule has 0 spiro atoms. The molecule has 1 aromatic rings. The van der Waals surface area contributed by atoms with E-state index in [-0.39, 0.29) is 0 Å². The van der Waals surface area contributed by atoms with Crippen LogP contribution in [0.25, 0.3) is 0 Å². The molecule has 0 amide bonds. The minimum absolute atomic E-state index is 0.336. The first kappa shape index (κ1) is 12.0. The van der Waals surface area contributed by atoms with Crippen molar-refractivity contribution >= 4 is 0 Å². The van der Waals surface area contributed by atoms with E-state index in [1.165, 1.54) is 36.8 Å². The molecule has 98 valence electrons. The van der Waals surface area contributed by atoms with Gasteiger partial charge in [-0.15, -0.1) is 0 Å². The first-order valence-corrected chi connectivity index (χ1v) is 7.28. The molecule has 1 unspecified atom stereocenters. The fourth-order valence-corrected chi connectivity index (χ4v) is 2.91. The predicted molar refractivity (Wildman–Crippen MR) is 74.1 cm³/mol. The molecule has 1 aliphatic heterocycles. The summed E-state index contributed by atoms with van der Waals surface area (Å²) in [5.74, 6) is 2.09. The summed E-state index contributed by atoms with van der Waals surface area (Å²) in [6.45, 7) is 4.28. The fourth-order valence-electron chi connectivity index (χ4n) is 2.91. The van der Waals surface area contributed by atoms with Crippen LogP contribution in [0.3, 0.4) is 0 Å². The smallest absolute Gasteiger partial charge is 0.123 e. The molecule has 3 rings (SSSR count). The largest absolute Gasteiger partial charge is 0.488 e. The van der Waals surface area contributed by atoms with E-state index in [9.17, 15) is 0 Å². The average Bonchev–Trinajstić information content (AvgIpc) is 2.68. The van der Waals surface area contributed by atoms with Crippen molar-refractivity contribution in [2.45, 2.75) is 45.1 Å². The average molecular weight is 245 g/mol. The molecule has 2 heteroatoms. The zero-order valence-electron chi connectivity index (χ0n) is 11.2. The van der Waals surface area contributed by atoms with Crippen molar-refractivity contribution in [2.24, 2.45) is 5.92 Å². The molecule has 1 aliphatic carbocycles. The van der Waals surface area contributed by atoms with Gasteiger partial charge in [0.2, 0.25) is 0 Å². The van der Waals surface area contributed by atoms with Crippen LogP contribution in [0.1, 0.15) is 36.8 Å². The number of hydrogen-bond donors (Lipinski definition) is 1. The van der Waals surface area contributed by atoms with Crippen molar-refractivity contribution in [1.82, 2.24) is 5.32 Å². The standard InChI is InChI=1S/C16H23NO/c1-12-5-6-16-14(9-12)10-15(18-16)11-17-8-7-13-3-2-4-13/h5-6,9,13,15,17H,2-4,7-8,10-11H2,1H3. The topological polar surface area (TPSA) is 21.3 Å². The number of aryl methyl sites for hydroxylation is 1. The van der Waals surface area contributed by atoms with Gasteiger partial charge in [-0.05, 0) is 37.4 Å². The first-order valence-electron chi connectivity index (χ1n) is 7.28. The van der Waals surface area contributed by atoms with E-state index in [0.717, 1.165) is 31.2 Å². The summed E-state index contributed by atoms with van der Waals surface area (Å²) in [5, 5.41) is 3.55. The van der Waals surface area contributed by atoms with Crippen LogP contribution in [0.5, 0.6) is 5.75 Å². The van der Waals surface area contributed by atoms with E-state index in [2.05, 4.69) is 30.4 Å². The van der Waals surface area contributed by atoms with Gasteiger partial charge in [-0.3, -0.25) is 0 Å². The number of nitrogens with one attached hydrogen (secondary N) is 1. The first-order chi connectivity index (χ1) is 8.81. The van der Waals surface area contributed by atoms with Crippen LogP contribution in [-0.2, 0) is 6.42 Å². The van der Waals surface area contributed by atoms with Crippen LogP contribution < -0.4 is 10.1 Å². The predicted octanol–water partition coefficient (Wildman–Crippen LogP) is 3.08. The summed E-state index contributed by atoms with van der Waals surface area (Å²) in [6, 6.07) is 6.49. The zero-order chi connectivity index (χ0) is 12.4. The third-order valence-corrected chi connectivity index (χ3v) is 4.28. The molecule has 0 aromatic heterocycles. The highest BCUT2D eigenvalue weighted by molar-refractivity contribution is 5.40. The monoisotopic (exact) mass is 245 g/mol. The third kappa shape index (κ3) is 2.69. The highest BCUT2D eigenvalue weighted by atomic mass is 16.5. The maximum atomic E-state index is 5.95. The third-order valence-electron chi connectivity index (χ3n) is 4.28. The van der Waals surface area contributed by atoms with Crippen molar-refractivity contribution in [3.63, 3.8) is 0 Å². The van der Waals surface area contributed by atoms with Crippen LogP contribution in [-0.4, -0.2) is 19.2 Å². The molecule has 1 saturated carbocycles. The van der Waals surface area contributed by atoms with Crippen molar-refractivity contribution in [2.75, 3.05) is 13.1 Å². The molecule has 1 aromatic carbocycles. The second kappa shape index (κ2) is 5.31. The lowest BCUT2D eigenvalue weighted by molar-refractivity contribution is 0.222. The number of hydrogen-bond acceptors (Lipinski definition) is 2. The van der Waals surface area contributed by atoms with Crippen LogP contribution in [0.15, 0.2) is 18.2 Å². The summed E-state index contributed by atoms with van der Waals surface area (Å²) in [7, 11) is 0. The Bertz CT molecular complexity index is 412. The van der Waals surface area contributed by atoms with Crippen molar-refractivity contribution < 1.29 is 4.74 Å². The van der Waals surface area contributed by atoms with Gasteiger partial charge in [0.1, 0.15) is 11.9 Å². The number of ether oxygens (including phenoxy) is 1. The van der Waals surface area contributed by atoms with Crippen molar-refractivity contribution in [3.8, 4) is 5.75 Å². The van der Waals surface area contributed by atoms with E-state index in [1.54, 1.807) is 0 Å². The van der Waals surface area contributed by atoms with E-state index in [4.69, 9.17) is 4.74 Å². The lowest BCUT2D eigenvalue weighted by atomic mass is 9.83. The van der Waals surface area contributed by atoms with Gasteiger partial charge in [-0.25, -0.2) is 0 Å². The molecule has 1 heterocycles. The molecule has 0 bridgehead atoms. The summed E-state index contributed by atoms with van der Waals surface area (Å²) in [6.07, 6.45) is 7.10. The molecule has 0 radical (unpaired) electrons. The minimum Gasteiger partial charge on any atom is -0.488 e. The highest BCUT2D eigenvalue weighted by Crippen LogP contribution is 2.30. The molecule has 1 fully saturated rings. The molecular formula is C16H23NO. The van der Waals surface area contributed by atoms with Gasteiger partial charge in [0, 0.05) is 13.0 Å². The van der Waals surface area contributed by atoms with E-state index < -0.39 is 0 Å². The maximum Gasteiger partial charge on any atom is 0.123 e. The summed E-state index contributed by atoms with van der Waals surface area (Å²) in [4.78, 5) is 0. The van der Waals surface area contributed by atoms with Crippen molar-refractivity contribution in [3.05, 3.63) is 29.3 Å². The van der Waals surface area contributed by atoms with Gasteiger partial charge in [0.05, 0.1) is 0 Å². The molecule has 2 nitrogen and oxygen atoms in total. The molecular weight excluding hydrogens is 222 g/mol. The van der Waals surface area contributed by atoms with Gasteiger partial charge < -0.3 is 10.1 Å². The lowest BCUT2D eigenvalue weighted by Crippen LogP contribution is -2.32.